The van der Waals surface area contributed by atoms with E-state index in [1.54, 1.807) is 6.92 Å². The number of carbonyl (C=O) groups excluding carboxylic acids is 1. The Balaban J connectivity index is 3.41. The molecule has 17 heavy (non-hydrogen) atoms. The van der Waals surface area contributed by atoms with Crippen molar-refractivity contribution in [1.82, 2.24) is 0 Å². The Hall–Kier alpha value is -1.00. The summed E-state index contributed by atoms with van der Waals surface area (Å²) in [6.07, 6.45) is -4.12. The minimum Gasteiger partial charge on any atom is -0.299 e. The second kappa shape index (κ2) is 5.10. The lowest BCUT2D eigenvalue weighted by Crippen LogP contribution is -2.11. The van der Waals surface area contributed by atoms with E-state index in [4.69, 9.17) is 23.2 Å². The van der Waals surface area contributed by atoms with Gasteiger partial charge in [0.05, 0.1) is 5.57 Å². The lowest BCUT2D eigenvalue weighted by Gasteiger charge is -2.13. The molecule has 0 atom stereocenters. The highest BCUT2D eigenvalue weighted by atomic mass is 35.5. The Morgan fingerprint density at radius 3 is 2.06 bits per heavy atom. The van der Waals surface area contributed by atoms with E-state index >= 15 is 0 Å². The summed E-state index contributed by atoms with van der Waals surface area (Å²) >= 11 is 11.5. The molecule has 0 heterocycles. The average Bonchev–Trinajstić information content (AvgIpc) is 2.20. The quantitative estimate of drug-likeness (QED) is 0.579. The summed E-state index contributed by atoms with van der Waals surface area (Å²) in [7, 11) is 0. The van der Waals surface area contributed by atoms with Crippen LogP contribution in [0.5, 0.6) is 0 Å². The van der Waals surface area contributed by atoms with Crippen LogP contribution in [-0.2, 0) is 4.79 Å². The molecule has 92 valence electrons. The Kier molecular flexibility index (Phi) is 4.22. The van der Waals surface area contributed by atoms with E-state index in [0.29, 0.717) is 11.6 Å². The molecule has 0 aliphatic rings. The number of allylic oxidation sites excluding steroid dienone is 2. The predicted molar refractivity (Wildman–Crippen MR) is 61.3 cm³/mol. The predicted octanol–water partition coefficient (Wildman–Crippen LogP) is 4.45. The smallest absolute Gasteiger partial charge is 0.299 e. The summed E-state index contributed by atoms with van der Waals surface area (Å²) in [5.41, 5.74) is -0.814. The van der Waals surface area contributed by atoms with Gasteiger partial charge in [-0.15, -0.1) is 0 Å². The molecule has 6 heteroatoms. The van der Waals surface area contributed by atoms with Crippen molar-refractivity contribution in [2.24, 2.45) is 0 Å². The fraction of sp³-hybridized carbons (Fsp3) is 0.182. The van der Waals surface area contributed by atoms with Crippen LogP contribution in [0, 0.1) is 6.92 Å². The van der Waals surface area contributed by atoms with Gasteiger partial charge in [0.2, 0.25) is 0 Å². The van der Waals surface area contributed by atoms with Crippen molar-refractivity contribution >= 4 is 35.1 Å². The number of benzene rings is 1. The second-order valence-electron chi connectivity index (χ2n) is 3.28. The Labute approximate surface area is 106 Å². The Morgan fingerprint density at radius 2 is 1.71 bits per heavy atom. The summed E-state index contributed by atoms with van der Waals surface area (Å²) in [5, 5.41) is 0.238. The highest BCUT2D eigenvalue weighted by molar-refractivity contribution is 6.36. The standard InChI is InChI=1S/C11H7Cl2F3O/c1-6-9(12)4-7(5-10(6)13)8(2-3-17)11(14,15)16/h2-5H,1H3/b8-2-. The first kappa shape index (κ1) is 14.1. The van der Waals surface area contributed by atoms with Gasteiger partial charge in [-0.1, -0.05) is 23.2 Å². The van der Waals surface area contributed by atoms with Gasteiger partial charge in [0.1, 0.15) is 6.29 Å². The molecule has 0 aromatic heterocycles. The number of rotatable bonds is 2. The van der Waals surface area contributed by atoms with E-state index in [9.17, 15) is 18.0 Å². The average molecular weight is 283 g/mol. The van der Waals surface area contributed by atoms with Crippen molar-refractivity contribution in [1.29, 1.82) is 0 Å². The van der Waals surface area contributed by atoms with Crippen molar-refractivity contribution < 1.29 is 18.0 Å². The van der Waals surface area contributed by atoms with Crippen LogP contribution < -0.4 is 0 Å². The molecule has 1 aromatic rings. The van der Waals surface area contributed by atoms with Crippen molar-refractivity contribution in [3.63, 3.8) is 0 Å². The fourth-order valence-corrected chi connectivity index (χ4v) is 1.71. The van der Waals surface area contributed by atoms with E-state index in [2.05, 4.69) is 0 Å². The summed E-state index contributed by atoms with van der Waals surface area (Å²) in [6.45, 7) is 1.59. The van der Waals surface area contributed by atoms with E-state index in [0.717, 1.165) is 12.1 Å². The van der Waals surface area contributed by atoms with Gasteiger partial charge in [0.15, 0.2) is 0 Å². The summed E-state index contributed by atoms with van der Waals surface area (Å²) in [6, 6.07) is 2.26. The van der Waals surface area contributed by atoms with Gasteiger partial charge in [0, 0.05) is 10.0 Å². The molecular weight excluding hydrogens is 276 g/mol. The lowest BCUT2D eigenvalue weighted by molar-refractivity contribution is -0.104. The SMILES string of the molecule is Cc1c(Cl)cc(/C(=C/C=O)C(F)(F)F)cc1Cl. The number of hydrogen-bond donors (Lipinski definition) is 0. The highest BCUT2D eigenvalue weighted by Gasteiger charge is 2.34. The summed E-state index contributed by atoms with van der Waals surface area (Å²) < 4.78 is 37.9. The number of carbonyl (C=O) groups is 1. The normalized spacial score (nSPS) is 12.7. The minimum absolute atomic E-state index is 0.0739. The topological polar surface area (TPSA) is 17.1 Å². The summed E-state index contributed by atoms with van der Waals surface area (Å²) in [5.74, 6) is 0. The monoisotopic (exact) mass is 282 g/mol. The van der Waals surface area contributed by atoms with Crippen LogP contribution in [0.2, 0.25) is 10.0 Å². The molecule has 1 aromatic carbocycles. The molecule has 0 spiro atoms. The Bertz CT molecular complexity index is 455. The van der Waals surface area contributed by atoms with Crippen LogP contribution in [0.25, 0.3) is 5.57 Å². The van der Waals surface area contributed by atoms with E-state index in [-0.39, 0.29) is 21.9 Å². The molecule has 0 N–H and O–H groups in total. The molecule has 0 radical (unpaired) electrons. The molecular formula is C11H7Cl2F3O. The molecule has 0 aliphatic heterocycles. The molecule has 0 saturated carbocycles. The first-order valence-corrected chi connectivity index (χ1v) is 5.21. The molecule has 0 amide bonds. The first-order chi connectivity index (χ1) is 7.77. The molecule has 0 fully saturated rings. The third-order valence-electron chi connectivity index (χ3n) is 2.13. The number of alkyl halides is 3. The Morgan fingerprint density at radius 1 is 1.24 bits per heavy atom. The van der Waals surface area contributed by atoms with Crippen LogP contribution in [-0.4, -0.2) is 12.5 Å². The summed E-state index contributed by atoms with van der Waals surface area (Å²) in [4.78, 5) is 10.2. The second-order valence-corrected chi connectivity index (χ2v) is 4.09. The van der Waals surface area contributed by atoms with E-state index in [1.807, 2.05) is 0 Å². The van der Waals surface area contributed by atoms with Crippen LogP contribution in [0.4, 0.5) is 13.2 Å². The lowest BCUT2D eigenvalue weighted by atomic mass is 10.0. The molecule has 0 saturated heterocycles. The van der Waals surface area contributed by atoms with Crippen molar-refractivity contribution in [2.75, 3.05) is 0 Å². The largest absolute Gasteiger partial charge is 0.417 e. The van der Waals surface area contributed by atoms with Gasteiger partial charge in [-0.05, 0) is 36.3 Å². The van der Waals surface area contributed by atoms with Crippen molar-refractivity contribution in [3.05, 3.63) is 39.4 Å². The van der Waals surface area contributed by atoms with Crippen LogP contribution >= 0.6 is 23.2 Å². The zero-order chi connectivity index (χ0) is 13.2. The van der Waals surface area contributed by atoms with Gasteiger partial charge < -0.3 is 0 Å². The molecule has 0 bridgehead atoms. The third-order valence-corrected chi connectivity index (χ3v) is 2.92. The minimum atomic E-state index is -4.64. The number of aldehydes is 1. The maximum Gasteiger partial charge on any atom is 0.417 e. The number of hydrogen-bond acceptors (Lipinski definition) is 1. The van der Waals surface area contributed by atoms with Gasteiger partial charge in [-0.25, -0.2) is 0 Å². The number of halogens is 5. The van der Waals surface area contributed by atoms with Crippen LogP contribution in [0.3, 0.4) is 0 Å². The maximum atomic E-state index is 12.6. The molecule has 0 unspecified atom stereocenters. The fourth-order valence-electron chi connectivity index (χ4n) is 1.22. The molecule has 0 aliphatic carbocycles. The van der Waals surface area contributed by atoms with Crippen molar-refractivity contribution in [3.8, 4) is 0 Å². The molecule has 1 rings (SSSR count). The zero-order valence-corrected chi connectivity index (χ0v) is 10.1. The highest BCUT2D eigenvalue weighted by Crippen LogP contribution is 2.37. The maximum absolute atomic E-state index is 12.6. The van der Waals surface area contributed by atoms with Gasteiger partial charge in [-0.3, -0.25) is 4.79 Å². The van der Waals surface area contributed by atoms with Gasteiger partial charge >= 0.3 is 6.18 Å². The van der Waals surface area contributed by atoms with Gasteiger partial charge in [-0.2, -0.15) is 13.2 Å². The first-order valence-electron chi connectivity index (χ1n) is 4.46. The van der Waals surface area contributed by atoms with E-state index < -0.39 is 11.7 Å². The van der Waals surface area contributed by atoms with Gasteiger partial charge in [0.25, 0.3) is 0 Å². The van der Waals surface area contributed by atoms with Crippen LogP contribution in [0.15, 0.2) is 18.2 Å². The van der Waals surface area contributed by atoms with E-state index in [1.165, 1.54) is 0 Å². The molecule has 1 nitrogen and oxygen atoms in total. The zero-order valence-electron chi connectivity index (χ0n) is 8.61. The third kappa shape index (κ3) is 3.23. The van der Waals surface area contributed by atoms with Crippen LogP contribution in [0.1, 0.15) is 11.1 Å². The van der Waals surface area contributed by atoms with Crippen molar-refractivity contribution in [2.45, 2.75) is 13.1 Å².